The Morgan fingerprint density at radius 1 is 1.43 bits per heavy atom. The molecule has 0 spiro atoms. The van der Waals surface area contributed by atoms with Gasteiger partial charge in [-0.05, 0) is 30.4 Å². The lowest BCUT2D eigenvalue weighted by Crippen LogP contribution is -2.36. The van der Waals surface area contributed by atoms with Gasteiger partial charge in [0.05, 0.1) is 12.3 Å². The van der Waals surface area contributed by atoms with Crippen LogP contribution in [0.5, 0.6) is 0 Å². The Morgan fingerprint density at radius 3 is 3.05 bits per heavy atom. The number of rotatable bonds is 7. The van der Waals surface area contributed by atoms with E-state index in [2.05, 4.69) is 17.1 Å². The van der Waals surface area contributed by atoms with Crippen molar-refractivity contribution in [2.45, 2.75) is 32.7 Å². The Balaban J connectivity index is 2.09. The Kier molecular flexibility index (Phi) is 6.46. The van der Waals surface area contributed by atoms with Crippen molar-refractivity contribution in [2.75, 3.05) is 38.3 Å². The Bertz CT molecular complexity index is 439. The van der Waals surface area contributed by atoms with Crippen molar-refractivity contribution in [1.82, 2.24) is 5.32 Å². The van der Waals surface area contributed by atoms with Gasteiger partial charge < -0.3 is 15.0 Å². The highest BCUT2D eigenvalue weighted by atomic mass is 19.1. The quantitative estimate of drug-likeness (QED) is 0.782. The predicted molar refractivity (Wildman–Crippen MR) is 85.2 cm³/mol. The maximum Gasteiger partial charge on any atom is 0.146 e. The first-order chi connectivity index (χ1) is 10.3. The number of hydrogen-bond donors (Lipinski definition) is 1. The minimum atomic E-state index is -0.0993. The van der Waals surface area contributed by atoms with Gasteiger partial charge in [-0.1, -0.05) is 25.5 Å². The summed E-state index contributed by atoms with van der Waals surface area (Å²) in [5.41, 5.74) is 1.84. The zero-order valence-electron chi connectivity index (χ0n) is 13.2. The van der Waals surface area contributed by atoms with Gasteiger partial charge in [0.25, 0.3) is 0 Å². The summed E-state index contributed by atoms with van der Waals surface area (Å²) in [7, 11) is 1.69. The second-order valence-corrected chi connectivity index (χ2v) is 5.78. The smallest absolute Gasteiger partial charge is 0.146 e. The molecule has 3 nitrogen and oxygen atoms in total. The molecule has 0 radical (unpaired) electrons. The van der Waals surface area contributed by atoms with Crippen LogP contribution < -0.4 is 10.2 Å². The lowest BCUT2D eigenvalue weighted by atomic mass is 9.94. The van der Waals surface area contributed by atoms with Crippen LogP contribution in [0.15, 0.2) is 18.2 Å². The van der Waals surface area contributed by atoms with Crippen LogP contribution in [0.25, 0.3) is 0 Å². The first-order valence-corrected chi connectivity index (χ1v) is 7.98. The summed E-state index contributed by atoms with van der Waals surface area (Å²) >= 11 is 0. The average Bonchev–Trinajstić information content (AvgIpc) is 2.51. The van der Waals surface area contributed by atoms with E-state index in [0.717, 1.165) is 37.3 Å². The van der Waals surface area contributed by atoms with Crippen LogP contribution in [0.4, 0.5) is 10.1 Å². The van der Waals surface area contributed by atoms with Crippen molar-refractivity contribution in [3.8, 4) is 0 Å². The molecule has 2 rings (SSSR count). The fourth-order valence-electron chi connectivity index (χ4n) is 3.06. The standard InChI is InChI=1S/C17H27FN2O/c1-3-14-6-5-10-20(13-14)17-15(7-4-8-16(17)18)12-19-9-11-21-2/h4,7-8,14,19H,3,5-6,9-13H2,1-2H3. The molecule has 0 aromatic heterocycles. The summed E-state index contributed by atoms with van der Waals surface area (Å²) in [6.45, 7) is 6.30. The molecule has 4 heteroatoms. The van der Waals surface area contributed by atoms with Gasteiger partial charge >= 0.3 is 0 Å². The number of nitrogens with zero attached hydrogens (tertiary/aromatic N) is 1. The van der Waals surface area contributed by atoms with Crippen LogP contribution in [0.1, 0.15) is 31.7 Å². The van der Waals surface area contributed by atoms with Crippen LogP contribution in [0.2, 0.25) is 0 Å². The average molecular weight is 294 g/mol. The van der Waals surface area contributed by atoms with E-state index in [4.69, 9.17) is 4.74 Å². The number of benzene rings is 1. The highest BCUT2D eigenvalue weighted by molar-refractivity contribution is 5.55. The Labute approximate surface area is 127 Å². The summed E-state index contributed by atoms with van der Waals surface area (Å²) in [4.78, 5) is 2.24. The monoisotopic (exact) mass is 294 g/mol. The third kappa shape index (κ3) is 4.42. The Hall–Kier alpha value is -1.13. The van der Waals surface area contributed by atoms with E-state index in [-0.39, 0.29) is 5.82 Å². The summed E-state index contributed by atoms with van der Waals surface area (Å²) < 4.78 is 19.4. The molecule has 0 saturated carbocycles. The molecule has 1 N–H and O–H groups in total. The van der Waals surface area contributed by atoms with Crippen LogP contribution in [-0.2, 0) is 11.3 Å². The number of halogens is 1. The number of methoxy groups -OCH3 is 1. The van der Waals surface area contributed by atoms with Gasteiger partial charge in [0.1, 0.15) is 5.82 Å². The number of para-hydroxylation sites is 1. The largest absolute Gasteiger partial charge is 0.383 e. The summed E-state index contributed by atoms with van der Waals surface area (Å²) in [6, 6.07) is 5.39. The van der Waals surface area contributed by atoms with Crippen molar-refractivity contribution in [1.29, 1.82) is 0 Å². The lowest BCUT2D eigenvalue weighted by Gasteiger charge is -2.35. The third-order valence-corrected chi connectivity index (χ3v) is 4.28. The van der Waals surface area contributed by atoms with Crippen LogP contribution in [0, 0.1) is 11.7 Å². The Morgan fingerprint density at radius 2 is 2.29 bits per heavy atom. The molecule has 1 aromatic rings. The van der Waals surface area contributed by atoms with E-state index < -0.39 is 0 Å². The molecular formula is C17H27FN2O. The van der Waals surface area contributed by atoms with E-state index in [1.807, 2.05) is 6.07 Å². The molecule has 118 valence electrons. The molecule has 1 unspecified atom stereocenters. The normalized spacial score (nSPS) is 19.0. The summed E-state index contributed by atoms with van der Waals surface area (Å²) in [5, 5.41) is 3.32. The van der Waals surface area contributed by atoms with E-state index in [1.165, 1.54) is 12.8 Å². The molecule has 0 aliphatic carbocycles. The third-order valence-electron chi connectivity index (χ3n) is 4.28. The van der Waals surface area contributed by atoms with Crippen LogP contribution in [-0.4, -0.2) is 33.4 Å². The number of nitrogens with one attached hydrogen (secondary N) is 1. The minimum absolute atomic E-state index is 0.0993. The van der Waals surface area contributed by atoms with Crippen LogP contribution in [0.3, 0.4) is 0 Å². The molecule has 1 fully saturated rings. The van der Waals surface area contributed by atoms with E-state index >= 15 is 0 Å². The van der Waals surface area contributed by atoms with Gasteiger partial charge in [-0.15, -0.1) is 0 Å². The van der Waals surface area contributed by atoms with Gasteiger partial charge in [-0.3, -0.25) is 0 Å². The van der Waals surface area contributed by atoms with E-state index in [1.54, 1.807) is 19.2 Å². The molecular weight excluding hydrogens is 267 g/mol. The second kappa shape index (κ2) is 8.35. The summed E-state index contributed by atoms with van der Waals surface area (Å²) in [5.74, 6) is 0.588. The van der Waals surface area contributed by atoms with Crippen molar-refractivity contribution in [2.24, 2.45) is 5.92 Å². The second-order valence-electron chi connectivity index (χ2n) is 5.78. The van der Waals surface area contributed by atoms with Crippen molar-refractivity contribution in [3.63, 3.8) is 0 Å². The van der Waals surface area contributed by atoms with Gasteiger partial charge in [0.15, 0.2) is 0 Å². The fourth-order valence-corrected chi connectivity index (χ4v) is 3.06. The molecule has 1 aromatic carbocycles. The molecule has 1 atom stereocenters. The number of piperidine rings is 1. The summed E-state index contributed by atoms with van der Waals surface area (Å²) in [6.07, 6.45) is 3.60. The molecule has 1 aliphatic heterocycles. The highest BCUT2D eigenvalue weighted by Gasteiger charge is 2.22. The van der Waals surface area contributed by atoms with E-state index in [0.29, 0.717) is 19.1 Å². The molecule has 1 saturated heterocycles. The topological polar surface area (TPSA) is 24.5 Å². The zero-order chi connectivity index (χ0) is 15.1. The van der Waals surface area contributed by atoms with Crippen molar-refractivity contribution < 1.29 is 9.13 Å². The predicted octanol–water partition coefficient (Wildman–Crippen LogP) is 3.19. The number of hydrogen-bond acceptors (Lipinski definition) is 3. The van der Waals surface area contributed by atoms with Gasteiger partial charge in [0.2, 0.25) is 0 Å². The van der Waals surface area contributed by atoms with Crippen LogP contribution >= 0.6 is 0 Å². The number of anilines is 1. The van der Waals surface area contributed by atoms with Crippen molar-refractivity contribution >= 4 is 5.69 Å². The maximum atomic E-state index is 14.3. The molecule has 1 aliphatic rings. The lowest BCUT2D eigenvalue weighted by molar-refractivity contribution is 0.199. The van der Waals surface area contributed by atoms with E-state index in [9.17, 15) is 4.39 Å². The molecule has 0 bridgehead atoms. The zero-order valence-corrected chi connectivity index (χ0v) is 13.2. The molecule has 21 heavy (non-hydrogen) atoms. The van der Waals surface area contributed by atoms with Crippen molar-refractivity contribution in [3.05, 3.63) is 29.6 Å². The molecule has 0 amide bonds. The molecule has 1 heterocycles. The highest BCUT2D eigenvalue weighted by Crippen LogP contribution is 2.30. The number of ether oxygens (including phenoxy) is 1. The maximum absolute atomic E-state index is 14.3. The van der Waals surface area contributed by atoms with Gasteiger partial charge in [-0.2, -0.15) is 0 Å². The first kappa shape index (κ1) is 16.2. The minimum Gasteiger partial charge on any atom is -0.383 e. The van der Waals surface area contributed by atoms with Gasteiger partial charge in [-0.25, -0.2) is 4.39 Å². The SMILES string of the molecule is CCC1CCCN(c2c(F)cccc2CNCCOC)C1. The van der Waals surface area contributed by atoms with Gasteiger partial charge in [0, 0.05) is 33.3 Å². The fraction of sp³-hybridized carbons (Fsp3) is 0.647. The first-order valence-electron chi connectivity index (χ1n) is 7.98.